The predicted molar refractivity (Wildman–Crippen MR) is 110 cm³/mol. The molecule has 142 valence electrons. The number of amides is 2. The van der Waals surface area contributed by atoms with Crippen molar-refractivity contribution in [2.75, 3.05) is 22.9 Å². The first kappa shape index (κ1) is 19.2. The van der Waals surface area contributed by atoms with Crippen LogP contribution < -0.4 is 9.80 Å². The van der Waals surface area contributed by atoms with Crippen LogP contribution in [-0.2, 0) is 16.0 Å². The third-order valence-corrected chi connectivity index (χ3v) is 5.19. The van der Waals surface area contributed by atoms with E-state index in [9.17, 15) is 9.59 Å². The fourth-order valence-corrected chi connectivity index (χ4v) is 3.80. The number of fused-ring (bicyclic) bond motifs is 1. The summed E-state index contributed by atoms with van der Waals surface area (Å²) in [6.07, 6.45) is 2.32. The highest BCUT2D eigenvalue weighted by Crippen LogP contribution is 2.29. The average molecular weight is 364 g/mol. The van der Waals surface area contributed by atoms with E-state index in [-0.39, 0.29) is 11.8 Å². The van der Waals surface area contributed by atoms with Gasteiger partial charge in [0.25, 0.3) is 0 Å². The van der Waals surface area contributed by atoms with Crippen LogP contribution in [0.25, 0.3) is 0 Å². The van der Waals surface area contributed by atoms with Crippen LogP contribution in [0.1, 0.15) is 50.7 Å². The van der Waals surface area contributed by atoms with Gasteiger partial charge in [-0.05, 0) is 42.0 Å². The lowest BCUT2D eigenvalue weighted by molar-refractivity contribution is -0.118. The van der Waals surface area contributed by atoms with E-state index in [4.69, 9.17) is 0 Å². The maximum absolute atomic E-state index is 12.9. The van der Waals surface area contributed by atoms with Gasteiger partial charge in [0.15, 0.2) is 0 Å². The summed E-state index contributed by atoms with van der Waals surface area (Å²) in [7, 11) is 0. The fourth-order valence-electron chi connectivity index (χ4n) is 3.80. The van der Waals surface area contributed by atoms with Gasteiger partial charge in [0.2, 0.25) is 11.8 Å². The molecule has 0 saturated carbocycles. The third-order valence-electron chi connectivity index (χ3n) is 5.19. The molecule has 2 amide bonds. The molecule has 2 aromatic rings. The zero-order chi connectivity index (χ0) is 19.4. The van der Waals surface area contributed by atoms with Gasteiger partial charge in [-0.2, -0.15) is 0 Å². The molecule has 4 heteroatoms. The van der Waals surface area contributed by atoms with Crippen molar-refractivity contribution in [3.63, 3.8) is 0 Å². The van der Waals surface area contributed by atoms with Gasteiger partial charge in [0.05, 0.1) is 0 Å². The molecule has 0 aromatic heterocycles. The van der Waals surface area contributed by atoms with Crippen molar-refractivity contribution in [2.24, 2.45) is 0 Å². The Bertz CT molecular complexity index is 829. The molecule has 2 aromatic carbocycles. The minimum atomic E-state index is -0.0325. The number of nitrogens with zero attached hydrogens (tertiary/aromatic N) is 2. The first-order valence-corrected chi connectivity index (χ1v) is 9.74. The van der Waals surface area contributed by atoms with E-state index in [1.165, 1.54) is 5.56 Å². The summed E-state index contributed by atoms with van der Waals surface area (Å²) in [5.74, 6) is 0.359. The van der Waals surface area contributed by atoms with Gasteiger partial charge >= 0.3 is 0 Å². The molecule has 0 spiro atoms. The quantitative estimate of drug-likeness (QED) is 0.782. The number of rotatable bonds is 5. The second-order valence-electron chi connectivity index (χ2n) is 7.41. The largest absolute Gasteiger partial charge is 0.312 e. The minimum Gasteiger partial charge on any atom is -0.312 e. The Kier molecular flexibility index (Phi) is 5.94. The third kappa shape index (κ3) is 4.21. The van der Waals surface area contributed by atoms with Crippen LogP contribution in [0.3, 0.4) is 0 Å². The van der Waals surface area contributed by atoms with Crippen molar-refractivity contribution in [3.8, 4) is 0 Å². The Morgan fingerprint density at radius 2 is 1.78 bits per heavy atom. The summed E-state index contributed by atoms with van der Waals surface area (Å²) in [6, 6.07) is 16.1. The molecule has 3 rings (SSSR count). The predicted octanol–water partition coefficient (Wildman–Crippen LogP) is 4.53. The van der Waals surface area contributed by atoms with E-state index in [2.05, 4.69) is 26.0 Å². The summed E-state index contributed by atoms with van der Waals surface area (Å²) in [6.45, 7) is 6.95. The molecule has 0 saturated heterocycles. The zero-order valence-corrected chi connectivity index (χ0v) is 16.4. The normalized spacial score (nSPS) is 13.4. The first-order valence-electron chi connectivity index (χ1n) is 9.74. The molecule has 0 radical (unpaired) electrons. The molecule has 1 aliphatic heterocycles. The number of para-hydroxylation sites is 2. The van der Waals surface area contributed by atoms with Crippen molar-refractivity contribution in [1.82, 2.24) is 0 Å². The Balaban J connectivity index is 1.76. The molecule has 0 unspecified atom stereocenters. The molecule has 0 N–H and O–H groups in total. The lowest BCUT2D eigenvalue weighted by Crippen LogP contribution is -2.39. The lowest BCUT2D eigenvalue weighted by atomic mass is 10.00. The Hall–Kier alpha value is -2.62. The monoisotopic (exact) mass is 364 g/mol. The van der Waals surface area contributed by atoms with Crippen LogP contribution in [0.4, 0.5) is 11.4 Å². The van der Waals surface area contributed by atoms with Crippen LogP contribution in [-0.4, -0.2) is 24.9 Å². The molecule has 27 heavy (non-hydrogen) atoms. The summed E-state index contributed by atoms with van der Waals surface area (Å²) in [5, 5.41) is 0. The van der Waals surface area contributed by atoms with Crippen LogP contribution in [0.2, 0.25) is 0 Å². The van der Waals surface area contributed by atoms with Crippen molar-refractivity contribution >= 4 is 23.2 Å². The Morgan fingerprint density at radius 1 is 1.07 bits per heavy atom. The van der Waals surface area contributed by atoms with Crippen LogP contribution in [0.15, 0.2) is 48.5 Å². The second-order valence-corrected chi connectivity index (χ2v) is 7.41. The minimum absolute atomic E-state index is 0.0325. The summed E-state index contributed by atoms with van der Waals surface area (Å²) < 4.78 is 0. The number of hydrogen-bond acceptors (Lipinski definition) is 2. The second kappa shape index (κ2) is 8.38. The number of carbonyl (C=O) groups excluding carboxylic acids is 2. The van der Waals surface area contributed by atoms with E-state index in [1.54, 1.807) is 11.8 Å². The van der Waals surface area contributed by atoms with Gasteiger partial charge in [0.1, 0.15) is 0 Å². The highest BCUT2D eigenvalue weighted by Gasteiger charge is 2.24. The average Bonchev–Trinajstić information content (AvgIpc) is 2.67. The molecule has 4 nitrogen and oxygen atoms in total. The maximum Gasteiger partial charge on any atom is 0.228 e. The first-order chi connectivity index (χ1) is 13.0. The van der Waals surface area contributed by atoms with E-state index in [0.717, 1.165) is 36.3 Å². The van der Waals surface area contributed by atoms with Crippen molar-refractivity contribution in [3.05, 3.63) is 59.7 Å². The smallest absolute Gasteiger partial charge is 0.228 e. The Labute approximate surface area is 161 Å². The summed E-state index contributed by atoms with van der Waals surface area (Å²) in [5.41, 5.74) is 4.28. The summed E-state index contributed by atoms with van der Waals surface area (Å²) in [4.78, 5) is 28.9. The highest BCUT2D eigenvalue weighted by atomic mass is 16.2. The number of benzene rings is 2. The Morgan fingerprint density at radius 3 is 2.52 bits per heavy atom. The highest BCUT2D eigenvalue weighted by molar-refractivity contribution is 5.97. The number of aryl methyl sites for hydroxylation is 1. The SMILES string of the molecule is CC(=O)N(CCC(=O)N1CCCc2ccccc21)c1ccccc1C(C)C. The molecular weight excluding hydrogens is 336 g/mol. The maximum atomic E-state index is 12.9. The van der Waals surface area contributed by atoms with Crippen LogP contribution in [0.5, 0.6) is 0 Å². The summed E-state index contributed by atoms with van der Waals surface area (Å²) >= 11 is 0. The molecule has 0 atom stereocenters. The molecule has 1 aliphatic rings. The fraction of sp³-hybridized carbons (Fsp3) is 0.391. The van der Waals surface area contributed by atoms with E-state index in [0.29, 0.717) is 18.9 Å². The van der Waals surface area contributed by atoms with Crippen LogP contribution in [0, 0.1) is 0 Å². The van der Waals surface area contributed by atoms with E-state index < -0.39 is 0 Å². The topological polar surface area (TPSA) is 40.6 Å². The lowest BCUT2D eigenvalue weighted by Gasteiger charge is -2.31. The van der Waals surface area contributed by atoms with Gasteiger partial charge < -0.3 is 9.80 Å². The van der Waals surface area contributed by atoms with Crippen molar-refractivity contribution in [1.29, 1.82) is 0 Å². The van der Waals surface area contributed by atoms with E-state index >= 15 is 0 Å². The molecule has 0 bridgehead atoms. The number of carbonyl (C=O) groups is 2. The molecule has 0 aliphatic carbocycles. The number of hydrogen-bond donors (Lipinski definition) is 0. The molecule has 1 heterocycles. The van der Waals surface area contributed by atoms with Crippen molar-refractivity contribution < 1.29 is 9.59 Å². The van der Waals surface area contributed by atoms with Gasteiger partial charge in [-0.3, -0.25) is 9.59 Å². The van der Waals surface area contributed by atoms with E-state index in [1.807, 2.05) is 41.3 Å². The van der Waals surface area contributed by atoms with Gasteiger partial charge in [-0.1, -0.05) is 50.2 Å². The standard InChI is InChI=1S/C23H28N2O2/c1-17(2)20-11-5-7-13-22(20)24(18(3)26)16-14-23(27)25-15-8-10-19-9-4-6-12-21(19)25/h4-7,9,11-13,17H,8,10,14-16H2,1-3H3. The van der Waals surface area contributed by atoms with Gasteiger partial charge in [-0.25, -0.2) is 0 Å². The van der Waals surface area contributed by atoms with Gasteiger partial charge in [0, 0.05) is 37.8 Å². The number of anilines is 2. The van der Waals surface area contributed by atoms with Gasteiger partial charge in [-0.15, -0.1) is 0 Å². The van der Waals surface area contributed by atoms with Crippen molar-refractivity contribution in [2.45, 2.75) is 46.0 Å². The molecule has 0 fully saturated rings. The zero-order valence-electron chi connectivity index (χ0n) is 16.4. The van der Waals surface area contributed by atoms with Crippen LogP contribution >= 0.6 is 0 Å². The molecular formula is C23H28N2O2.